The van der Waals surface area contributed by atoms with Crippen LogP contribution in [0, 0.1) is 0 Å². The topological polar surface area (TPSA) is 88.4 Å². The molecule has 0 aliphatic carbocycles. The summed E-state index contributed by atoms with van der Waals surface area (Å²) in [6.45, 7) is 3.54. The van der Waals surface area contributed by atoms with Gasteiger partial charge in [0.2, 0.25) is 5.95 Å². The van der Waals surface area contributed by atoms with Gasteiger partial charge in [-0.1, -0.05) is 18.2 Å². The van der Waals surface area contributed by atoms with Crippen LogP contribution in [0.4, 0.5) is 17.5 Å². The highest BCUT2D eigenvalue weighted by atomic mass is 16.5. The molecule has 0 radical (unpaired) electrons. The van der Waals surface area contributed by atoms with Crippen LogP contribution in [0.2, 0.25) is 0 Å². The number of hydrogen-bond donors (Lipinski definition) is 1. The van der Waals surface area contributed by atoms with Gasteiger partial charge in [0.25, 0.3) is 5.91 Å². The molecule has 1 unspecified atom stereocenters. The number of anilines is 3. The Hall–Kier alpha value is -3.46. The molecule has 2 fully saturated rings. The summed E-state index contributed by atoms with van der Waals surface area (Å²) in [6.07, 6.45) is 5.02. The average Bonchev–Trinajstić information content (AvgIpc) is 3.52. The highest BCUT2D eigenvalue weighted by Gasteiger charge is 2.30. The molecule has 0 bridgehead atoms. The Morgan fingerprint density at radius 3 is 2.68 bits per heavy atom. The van der Waals surface area contributed by atoms with Crippen molar-refractivity contribution >= 4 is 23.4 Å². The SMILES string of the molecule is O=C(C1CCCO1)N1CCN(c2cc(-n3cnc(Nc4ccccc4)n3)ccn2)CC1. The predicted octanol–water partition coefficient (Wildman–Crippen LogP) is 2.23. The lowest BCUT2D eigenvalue weighted by molar-refractivity contribution is -0.141. The summed E-state index contributed by atoms with van der Waals surface area (Å²) in [5.74, 6) is 1.53. The molecule has 0 saturated carbocycles. The Balaban J connectivity index is 1.23. The zero-order valence-corrected chi connectivity index (χ0v) is 17.2. The minimum Gasteiger partial charge on any atom is -0.368 e. The van der Waals surface area contributed by atoms with Gasteiger partial charge in [0.05, 0.1) is 5.69 Å². The predicted molar refractivity (Wildman–Crippen MR) is 117 cm³/mol. The van der Waals surface area contributed by atoms with Gasteiger partial charge < -0.3 is 19.9 Å². The first kappa shape index (κ1) is 19.5. The highest BCUT2D eigenvalue weighted by molar-refractivity contribution is 5.81. The minimum atomic E-state index is -0.251. The summed E-state index contributed by atoms with van der Waals surface area (Å²) in [7, 11) is 0. The number of nitrogens with one attached hydrogen (secondary N) is 1. The summed E-state index contributed by atoms with van der Waals surface area (Å²) >= 11 is 0. The lowest BCUT2D eigenvalue weighted by Crippen LogP contribution is -2.51. The Morgan fingerprint density at radius 1 is 1.06 bits per heavy atom. The Labute approximate surface area is 180 Å². The van der Waals surface area contributed by atoms with Gasteiger partial charge in [0.1, 0.15) is 18.2 Å². The third kappa shape index (κ3) is 4.36. The van der Waals surface area contributed by atoms with E-state index >= 15 is 0 Å². The van der Waals surface area contributed by atoms with E-state index in [-0.39, 0.29) is 12.0 Å². The van der Waals surface area contributed by atoms with Crippen LogP contribution in [0.1, 0.15) is 12.8 Å². The van der Waals surface area contributed by atoms with Gasteiger partial charge in [-0.25, -0.2) is 9.67 Å². The van der Waals surface area contributed by atoms with Gasteiger partial charge in [0, 0.05) is 50.7 Å². The van der Waals surface area contributed by atoms with Crippen molar-refractivity contribution in [3.8, 4) is 5.69 Å². The maximum absolute atomic E-state index is 12.6. The van der Waals surface area contributed by atoms with Crippen molar-refractivity contribution in [3.63, 3.8) is 0 Å². The monoisotopic (exact) mass is 419 g/mol. The van der Waals surface area contributed by atoms with E-state index in [0.29, 0.717) is 25.6 Å². The van der Waals surface area contributed by atoms with E-state index in [1.54, 1.807) is 17.2 Å². The van der Waals surface area contributed by atoms with Crippen LogP contribution in [0.25, 0.3) is 5.69 Å². The Morgan fingerprint density at radius 2 is 1.90 bits per heavy atom. The fraction of sp³-hybridized carbons (Fsp3) is 0.364. The summed E-state index contributed by atoms with van der Waals surface area (Å²) in [6, 6.07) is 13.7. The van der Waals surface area contributed by atoms with Gasteiger partial charge in [-0.3, -0.25) is 4.79 Å². The number of carbonyl (C=O) groups is 1. The van der Waals surface area contributed by atoms with E-state index in [4.69, 9.17) is 4.74 Å². The van der Waals surface area contributed by atoms with Crippen molar-refractivity contribution in [2.75, 3.05) is 43.0 Å². The van der Waals surface area contributed by atoms with Crippen LogP contribution >= 0.6 is 0 Å². The summed E-state index contributed by atoms with van der Waals surface area (Å²) < 4.78 is 7.28. The van der Waals surface area contributed by atoms with Crippen LogP contribution < -0.4 is 10.2 Å². The fourth-order valence-corrected chi connectivity index (χ4v) is 3.95. The number of hydrogen-bond acceptors (Lipinski definition) is 7. The number of benzene rings is 1. The molecule has 2 aliphatic heterocycles. The largest absolute Gasteiger partial charge is 0.368 e. The number of pyridine rings is 1. The molecule has 4 heterocycles. The minimum absolute atomic E-state index is 0.125. The molecule has 2 aliphatic rings. The zero-order valence-electron chi connectivity index (χ0n) is 17.2. The first-order valence-corrected chi connectivity index (χ1v) is 10.6. The van der Waals surface area contributed by atoms with E-state index in [1.807, 2.05) is 47.4 Å². The Kier molecular flexibility index (Phi) is 5.49. The molecule has 9 nitrogen and oxygen atoms in total. The van der Waals surface area contributed by atoms with Crippen LogP contribution in [0.3, 0.4) is 0 Å². The fourth-order valence-electron chi connectivity index (χ4n) is 3.95. The van der Waals surface area contributed by atoms with Crippen LogP contribution in [-0.4, -0.2) is 69.4 Å². The number of rotatable bonds is 5. The second-order valence-electron chi connectivity index (χ2n) is 7.69. The molecule has 1 atom stereocenters. The van der Waals surface area contributed by atoms with E-state index in [1.165, 1.54) is 0 Å². The molecule has 2 aromatic heterocycles. The summed E-state index contributed by atoms with van der Waals surface area (Å²) in [5.41, 5.74) is 1.82. The van der Waals surface area contributed by atoms with Crippen molar-refractivity contribution < 1.29 is 9.53 Å². The molecule has 160 valence electrons. The van der Waals surface area contributed by atoms with Gasteiger partial charge in [-0.15, -0.1) is 5.10 Å². The standard InChI is InChI=1S/C22H25N7O2/c30-21(19-7-4-14-31-19)28-12-10-27(11-13-28)20-15-18(8-9-23-20)29-16-24-22(26-29)25-17-5-2-1-3-6-17/h1-3,5-6,8-9,15-16,19H,4,7,10-14H2,(H,25,26). The van der Waals surface area contributed by atoms with Crippen molar-refractivity contribution in [2.45, 2.75) is 18.9 Å². The number of aromatic nitrogens is 4. The van der Waals surface area contributed by atoms with E-state index in [2.05, 4.69) is 25.3 Å². The van der Waals surface area contributed by atoms with Crippen LogP contribution in [0.5, 0.6) is 0 Å². The molecule has 3 aromatic rings. The van der Waals surface area contributed by atoms with Crippen molar-refractivity contribution in [1.82, 2.24) is 24.6 Å². The molecule has 1 aromatic carbocycles. The number of amides is 1. The molecule has 2 saturated heterocycles. The first-order chi connectivity index (χ1) is 15.3. The van der Waals surface area contributed by atoms with Crippen molar-refractivity contribution in [3.05, 3.63) is 55.0 Å². The maximum atomic E-state index is 12.6. The lowest BCUT2D eigenvalue weighted by Gasteiger charge is -2.36. The van der Waals surface area contributed by atoms with E-state index < -0.39 is 0 Å². The second kappa shape index (κ2) is 8.73. The quantitative estimate of drug-likeness (QED) is 0.678. The number of ether oxygens (including phenoxy) is 1. The van der Waals surface area contributed by atoms with Gasteiger partial charge >= 0.3 is 0 Å². The zero-order chi connectivity index (χ0) is 21.0. The highest BCUT2D eigenvalue weighted by Crippen LogP contribution is 2.20. The number of nitrogens with zero attached hydrogens (tertiary/aromatic N) is 6. The van der Waals surface area contributed by atoms with E-state index in [0.717, 1.165) is 43.1 Å². The van der Waals surface area contributed by atoms with Crippen LogP contribution in [-0.2, 0) is 9.53 Å². The second-order valence-corrected chi connectivity index (χ2v) is 7.69. The van der Waals surface area contributed by atoms with E-state index in [9.17, 15) is 4.79 Å². The van der Waals surface area contributed by atoms with Gasteiger partial charge in [0.15, 0.2) is 0 Å². The molecule has 0 spiro atoms. The molecule has 5 rings (SSSR count). The van der Waals surface area contributed by atoms with Gasteiger partial charge in [-0.05, 0) is 31.0 Å². The maximum Gasteiger partial charge on any atom is 0.251 e. The molecule has 1 N–H and O–H groups in total. The lowest BCUT2D eigenvalue weighted by atomic mass is 10.2. The normalized spacial score (nSPS) is 18.9. The molecule has 9 heteroatoms. The van der Waals surface area contributed by atoms with Crippen molar-refractivity contribution in [1.29, 1.82) is 0 Å². The summed E-state index contributed by atoms with van der Waals surface area (Å²) in [4.78, 5) is 25.5. The number of para-hydroxylation sites is 1. The molecular weight excluding hydrogens is 394 g/mol. The molecular formula is C22H25N7O2. The first-order valence-electron chi connectivity index (χ1n) is 10.6. The Bertz CT molecular complexity index is 1030. The molecule has 31 heavy (non-hydrogen) atoms. The van der Waals surface area contributed by atoms with Crippen LogP contribution in [0.15, 0.2) is 55.0 Å². The number of piperazine rings is 1. The third-order valence-corrected chi connectivity index (χ3v) is 5.64. The van der Waals surface area contributed by atoms with Gasteiger partial charge in [-0.2, -0.15) is 4.98 Å². The average molecular weight is 419 g/mol. The molecule has 1 amide bonds. The number of carbonyl (C=O) groups excluding carboxylic acids is 1. The summed E-state index contributed by atoms with van der Waals surface area (Å²) in [5, 5.41) is 7.72. The third-order valence-electron chi connectivity index (χ3n) is 5.64. The van der Waals surface area contributed by atoms with Crippen molar-refractivity contribution in [2.24, 2.45) is 0 Å². The smallest absolute Gasteiger partial charge is 0.251 e.